The lowest BCUT2D eigenvalue weighted by Crippen LogP contribution is -1.92. The van der Waals surface area contributed by atoms with Crippen molar-refractivity contribution in [2.24, 2.45) is 11.5 Å². The smallest absolute Gasteiger partial charge is 0.0315 e. The third-order valence-electron chi connectivity index (χ3n) is 2.06. The molecule has 18 heavy (non-hydrogen) atoms. The van der Waals surface area contributed by atoms with Gasteiger partial charge in [-0.15, -0.1) is 6.42 Å². The summed E-state index contributed by atoms with van der Waals surface area (Å²) >= 11 is 0. The summed E-state index contributed by atoms with van der Waals surface area (Å²) in [5, 5.41) is 0. The summed E-state index contributed by atoms with van der Waals surface area (Å²) in [7, 11) is 0. The van der Waals surface area contributed by atoms with Crippen LogP contribution >= 0.6 is 0 Å². The fraction of sp³-hybridized carbons (Fsp3) is 0. The van der Waals surface area contributed by atoms with E-state index in [9.17, 15) is 0 Å². The van der Waals surface area contributed by atoms with Gasteiger partial charge in [-0.1, -0.05) is 37.8 Å². The van der Waals surface area contributed by atoms with Gasteiger partial charge < -0.3 is 11.5 Å². The van der Waals surface area contributed by atoms with Crippen molar-refractivity contribution in [2.75, 3.05) is 0 Å². The highest BCUT2D eigenvalue weighted by Crippen LogP contribution is 2.11. The zero-order valence-electron chi connectivity index (χ0n) is 10.4. The van der Waals surface area contributed by atoms with Gasteiger partial charge in [0.05, 0.1) is 0 Å². The van der Waals surface area contributed by atoms with Gasteiger partial charge in [0.2, 0.25) is 0 Å². The fourth-order valence-corrected chi connectivity index (χ4v) is 0.997. The Morgan fingerprint density at radius 2 is 1.33 bits per heavy atom. The molecule has 0 unspecified atom stereocenters. The lowest BCUT2D eigenvalue weighted by atomic mass is 10.1. The molecule has 0 aliphatic heterocycles. The predicted molar refractivity (Wildman–Crippen MR) is 80.1 cm³/mol. The Hall–Kier alpha value is -2.66. The lowest BCUT2D eigenvalue weighted by Gasteiger charge is -1.99. The number of allylic oxidation sites excluding steroid dienone is 9. The molecular weight excluding hydrogens is 220 g/mol. The molecule has 0 atom stereocenters. The molecule has 0 aromatic rings. The Kier molecular flexibility index (Phi) is 7.23. The molecule has 0 aliphatic carbocycles. The van der Waals surface area contributed by atoms with E-state index >= 15 is 0 Å². The Balaban J connectivity index is 5.38. The molecule has 2 heteroatoms. The highest BCUT2D eigenvalue weighted by molar-refractivity contribution is 5.52. The van der Waals surface area contributed by atoms with Crippen molar-refractivity contribution in [3.63, 3.8) is 0 Å². The quantitative estimate of drug-likeness (QED) is 0.552. The van der Waals surface area contributed by atoms with Crippen molar-refractivity contribution < 1.29 is 0 Å². The van der Waals surface area contributed by atoms with Gasteiger partial charge in [-0.2, -0.15) is 0 Å². The van der Waals surface area contributed by atoms with Crippen LogP contribution in [0.3, 0.4) is 0 Å². The van der Waals surface area contributed by atoms with Crippen LogP contribution in [0.15, 0.2) is 84.8 Å². The van der Waals surface area contributed by atoms with Gasteiger partial charge in [0.25, 0.3) is 0 Å². The molecular formula is C16H18N2. The van der Waals surface area contributed by atoms with Crippen LogP contribution in [0, 0.1) is 12.3 Å². The van der Waals surface area contributed by atoms with E-state index in [1.165, 1.54) is 6.08 Å². The van der Waals surface area contributed by atoms with Crippen molar-refractivity contribution in [1.29, 1.82) is 0 Å². The largest absolute Gasteiger partial charge is 0.399 e. The molecule has 0 fully saturated rings. The Morgan fingerprint density at radius 1 is 0.833 bits per heavy atom. The third kappa shape index (κ3) is 5.43. The first-order valence-electron chi connectivity index (χ1n) is 5.28. The molecule has 0 heterocycles. The first-order chi connectivity index (χ1) is 8.58. The molecule has 0 amide bonds. The summed E-state index contributed by atoms with van der Waals surface area (Å²) in [6.07, 6.45) is 17.1. The number of terminal acetylenes is 1. The van der Waals surface area contributed by atoms with E-state index in [2.05, 4.69) is 25.7 Å². The van der Waals surface area contributed by atoms with Gasteiger partial charge in [-0.3, -0.25) is 0 Å². The minimum atomic E-state index is 0.535. The number of nitrogens with two attached hydrogens (primary N) is 2. The van der Waals surface area contributed by atoms with Crippen LogP contribution in [-0.4, -0.2) is 0 Å². The van der Waals surface area contributed by atoms with Gasteiger partial charge in [0.1, 0.15) is 0 Å². The highest BCUT2D eigenvalue weighted by atomic mass is 14.5. The topological polar surface area (TPSA) is 52.0 Å². The molecule has 0 bridgehead atoms. The average molecular weight is 238 g/mol. The van der Waals surface area contributed by atoms with E-state index in [0.717, 1.165) is 5.57 Å². The van der Waals surface area contributed by atoms with Crippen molar-refractivity contribution in [2.45, 2.75) is 0 Å². The lowest BCUT2D eigenvalue weighted by molar-refractivity contribution is 1.42. The van der Waals surface area contributed by atoms with Gasteiger partial charge in [-0.25, -0.2) is 0 Å². The highest BCUT2D eigenvalue weighted by Gasteiger charge is 1.96. The van der Waals surface area contributed by atoms with E-state index in [1.807, 2.05) is 0 Å². The molecule has 92 valence electrons. The van der Waals surface area contributed by atoms with E-state index in [-0.39, 0.29) is 0 Å². The van der Waals surface area contributed by atoms with Crippen molar-refractivity contribution in [3.8, 4) is 12.3 Å². The van der Waals surface area contributed by atoms with E-state index in [1.54, 1.807) is 36.5 Å². The number of rotatable bonds is 6. The van der Waals surface area contributed by atoms with Crippen molar-refractivity contribution >= 4 is 0 Å². The molecule has 0 saturated heterocycles. The Bertz CT molecular complexity index is 492. The van der Waals surface area contributed by atoms with Gasteiger partial charge in [0, 0.05) is 17.0 Å². The van der Waals surface area contributed by atoms with E-state index in [4.69, 9.17) is 17.9 Å². The Labute approximate surface area is 109 Å². The molecule has 0 saturated carbocycles. The molecule has 4 N–H and O–H groups in total. The van der Waals surface area contributed by atoms with E-state index in [0.29, 0.717) is 17.0 Å². The maximum atomic E-state index is 5.61. The summed E-state index contributed by atoms with van der Waals surface area (Å²) < 4.78 is 0. The van der Waals surface area contributed by atoms with E-state index < -0.39 is 0 Å². The minimum absolute atomic E-state index is 0.535. The zero-order chi connectivity index (χ0) is 14.0. The van der Waals surface area contributed by atoms with Crippen LogP contribution in [0.2, 0.25) is 0 Å². The third-order valence-corrected chi connectivity index (χ3v) is 2.06. The Morgan fingerprint density at radius 3 is 1.72 bits per heavy atom. The first kappa shape index (κ1) is 15.3. The monoisotopic (exact) mass is 238 g/mol. The maximum Gasteiger partial charge on any atom is 0.0315 e. The summed E-state index contributed by atoms with van der Waals surface area (Å²) in [6.45, 7) is 10.8. The van der Waals surface area contributed by atoms with Gasteiger partial charge in [0.15, 0.2) is 0 Å². The molecule has 0 aliphatic rings. The average Bonchev–Trinajstić information content (AvgIpc) is 2.41. The van der Waals surface area contributed by atoms with Crippen LogP contribution in [-0.2, 0) is 0 Å². The molecule has 0 aromatic heterocycles. The second-order valence-electron chi connectivity index (χ2n) is 3.29. The first-order valence-corrected chi connectivity index (χ1v) is 5.28. The van der Waals surface area contributed by atoms with Crippen molar-refractivity contribution in [3.05, 3.63) is 84.8 Å². The second-order valence-corrected chi connectivity index (χ2v) is 3.29. The fourth-order valence-electron chi connectivity index (χ4n) is 0.997. The maximum absolute atomic E-state index is 5.61. The normalized spacial score (nSPS) is 13.7. The summed E-state index contributed by atoms with van der Waals surface area (Å²) in [4.78, 5) is 0. The van der Waals surface area contributed by atoms with Crippen LogP contribution in [0.4, 0.5) is 0 Å². The van der Waals surface area contributed by atoms with Crippen LogP contribution in [0.1, 0.15) is 0 Å². The van der Waals surface area contributed by atoms with Crippen LogP contribution < -0.4 is 11.5 Å². The SMILES string of the molecule is C#CC(=C\C=C(\N)C=C)/C(C=C)=C/C=C(/N)C=C. The summed E-state index contributed by atoms with van der Waals surface area (Å²) in [6, 6.07) is 0. The van der Waals surface area contributed by atoms with Crippen LogP contribution in [0.25, 0.3) is 0 Å². The van der Waals surface area contributed by atoms with Crippen molar-refractivity contribution in [1.82, 2.24) is 0 Å². The molecule has 0 spiro atoms. The molecule has 0 aromatic carbocycles. The summed E-state index contributed by atoms with van der Waals surface area (Å²) in [5.41, 5.74) is 13.7. The summed E-state index contributed by atoms with van der Waals surface area (Å²) in [5.74, 6) is 2.57. The zero-order valence-corrected chi connectivity index (χ0v) is 10.4. The standard InChI is InChI=1S/C16H18N2/c1-5-13(9-11-15(17)7-3)14(6-2)10-12-16(18)8-4/h1,6-12H,2-4,17-18H2/b13-9+,14-10+,15-11+,16-12+. The predicted octanol–water partition coefficient (Wildman–Crippen LogP) is 2.72. The number of hydrogen-bond acceptors (Lipinski definition) is 2. The second kappa shape index (κ2) is 8.49. The number of hydrogen-bond donors (Lipinski definition) is 2. The minimum Gasteiger partial charge on any atom is -0.399 e. The molecule has 0 rings (SSSR count). The van der Waals surface area contributed by atoms with Gasteiger partial charge >= 0.3 is 0 Å². The molecule has 2 nitrogen and oxygen atoms in total. The van der Waals surface area contributed by atoms with Gasteiger partial charge in [-0.05, 0) is 36.0 Å². The molecule has 0 radical (unpaired) electrons. The van der Waals surface area contributed by atoms with Crippen LogP contribution in [0.5, 0.6) is 0 Å².